The Kier molecular flexibility index (Phi) is 6.35. The van der Waals surface area contributed by atoms with E-state index in [-0.39, 0.29) is 12.3 Å². The minimum absolute atomic E-state index is 0.0751. The van der Waals surface area contributed by atoms with Crippen LogP contribution in [0.4, 0.5) is 5.69 Å². The fraction of sp³-hybridized carbons (Fsp3) is 0.292. The minimum atomic E-state index is 0.0751. The highest BCUT2D eigenvalue weighted by Crippen LogP contribution is 2.17. The van der Waals surface area contributed by atoms with E-state index in [2.05, 4.69) is 9.88 Å². The van der Waals surface area contributed by atoms with Gasteiger partial charge >= 0.3 is 0 Å². The number of aryl methyl sites for hydroxylation is 1. The molecule has 2 aromatic heterocycles. The van der Waals surface area contributed by atoms with Gasteiger partial charge in [0, 0.05) is 42.2 Å². The van der Waals surface area contributed by atoms with Gasteiger partial charge in [-0.3, -0.25) is 9.78 Å². The van der Waals surface area contributed by atoms with Crippen LogP contribution in [0.25, 0.3) is 0 Å². The van der Waals surface area contributed by atoms with Gasteiger partial charge in [-0.05, 0) is 43.3 Å². The molecule has 6 nitrogen and oxygen atoms in total. The Balaban J connectivity index is 1.32. The molecule has 0 N–H and O–H groups in total. The average Bonchev–Trinajstić information content (AvgIpc) is 2.79. The molecule has 1 aliphatic rings. The first kappa shape index (κ1) is 20.0. The Bertz CT molecular complexity index is 981. The molecule has 30 heavy (non-hydrogen) atoms. The van der Waals surface area contributed by atoms with Crippen molar-refractivity contribution in [3.63, 3.8) is 0 Å². The molecule has 1 saturated heterocycles. The molecule has 4 rings (SSSR count). The van der Waals surface area contributed by atoms with E-state index in [9.17, 15) is 4.79 Å². The van der Waals surface area contributed by atoms with Crippen molar-refractivity contribution >= 4 is 11.5 Å². The standard InChI is InChI=1S/C24H26N3O3/c1-19-3-2-4-21(25-19)18-30-23-9-11-26(12-10-23)17-24(28)20-5-7-22(8-6-20)27-13-15-29-16-14-27/h2-12H,13-18H2,1H3/q+1. The number of pyridine rings is 2. The highest BCUT2D eigenvalue weighted by molar-refractivity contribution is 5.95. The third kappa shape index (κ3) is 5.21. The first-order valence-electron chi connectivity index (χ1n) is 10.2. The van der Waals surface area contributed by atoms with Gasteiger partial charge in [-0.1, -0.05) is 6.07 Å². The zero-order valence-electron chi connectivity index (χ0n) is 17.2. The molecule has 0 amide bonds. The SMILES string of the molecule is Cc1cccc(COc2cc[n+](CC(=O)c3ccc(N4CCOCC4)cc3)cc2)n1. The highest BCUT2D eigenvalue weighted by atomic mass is 16.5. The van der Waals surface area contributed by atoms with Gasteiger partial charge < -0.3 is 14.4 Å². The number of morpholine rings is 1. The zero-order valence-corrected chi connectivity index (χ0v) is 17.2. The predicted octanol–water partition coefficient (Wildman–Crippen LogP) is 2.98. The van der Waals surface area contributed by atoms with E-state index in [1.54, 1.807) is 0 Å². The number of anilines is 1. The number of nitrogens with zero attached hydrogens (tertiary/aromatic N) is 3. The Morgan fingerprint density at radius 2 is 1.80 bits per heavy atom. The lowest BCUT2D eigenvalue weighted by molar-refractivity contribution is -0.683. The summed E-state index contributed by atoms with van der Waals surface area (Å²) in [6.45, 7) is 5.94. The lowest BCUT2D eigenvalue weighted by Gasteiger charge is -2.28. The summed E-state index contributed by atoms with van der Waals surface area (Å²) in [5.41, 5.74) is 3.71. The van der Waals surface area contributed by atoms with Crippen LogP contribution in [0.5, 0.6) is 5.75 Å². The number of hydrogen-bond donors (Lipinski definition) is 0. The molecule has 0 radical (unpaired) electrons. The van der Waals surface area contributed by atoms with Crippen LogP contribution in [0, 0.1) is 6.92 Å². The van der Waals surface area contributed by atoms with Gasteiger partial charge in [-0.25, -0.2) is 0 Å². The second-order valence-electron chi connectivity index (χ2n) is 7.33. The van der Waals surface area contributed by atoms with Gasteiger partial charge in [0.25, 0.3) is 0 Å². The molecule has 3 heterocycles. The first-order valence-corrected chi connectivity index (χ1v) is 10.2. The fourth-order valence-electron chi connectivity index (χ4n) is 3.42. The molecule has 0 aliphatic carbocycles. The summed E-state index contributed by atoms with van der Waals surface area (Å²) in [5.74, 6) is 0.822. The lowest BCUT2D eigenvalue weighted by atomic mass is 10.1. The Hall–Kier alpha value is -3.25. The van der Waals surface area contributed by atoms with Crippen LogP contribution in [0.1, 0.15) is 21.7 Å². The molecule has 3 aromatic rings. The number of hydrogen-bond acceptors (Lipinski definition) is 5. The summed E-state index contributed by atoms with van der Waals surface area (Å²) in [5, 5.41) is 0. The number of benzene rings is 1. The van der Waals surface area contributed by atoms with Gasteiger partial charge in [-0.15, -0.1) is 0 Å². The van der Waals surface area contributed by atoms with E-state index in [0.29, 0.717) is 12.2 Å². The Labute approximate surface area is 176 Å². The van der Waals surface area contributed by atoms with Crippen molar-refractivity contribution in [1.29, 1.82) is 0 Å². The van der Waals surface area contributed by atoms with E-state index in [4.69, 9.17) is 9.47 Å². The summed E-state index contributed by atoms with van der Waals surface area (Å²) in [7, 11) is 0. The second kappa shape index (κ2) is 9.50. The van der Waals surface area contributed by atoms with Gasteiger partial charge in [0.1, 0.15) is 12.4 Å². The third-order valence-corrected chi connectivity index (χ3v) is 5.08. The Morgan fingerprint density at radius 3 is 2.50 bits per heavy atom. The van der Waals surface area contributed by atoms with Gasteiger partial charge in [0.15, 0.2) is 12.4 Å². The topological polar surface area (TPSA) is 55.5 Å². The molecule has 1 fully saturated rings. The van der Waals surface area contributed by atoms with Crippen LogP contribution in [0.3, 0.4) is 0 Å². The lowest BCUT2D eigenvalue weighted by Crippen LogP contribution is -2.37. The molecule has 0 atom stereocenters. The number of aromatic nitrogens is 2. The van der Waals surface area contributed by atoms with Crippen molar-refractivity contribution in [3.05, 3.63) is 83.9 Å². The van der Waals surface area contributed by atoms with Crippen molar-refractivity contribution < 1.29 is 18.8 Å². The highest BCUT2D eigenvalue weighted by Gasteiger charge is 2.15. The first-order chi connectivity index (χ1) is 14.7. The molecule has 1 aromatic carbocycles. The number of carbonyl (C=O) groups is 1. The minimum Gasteiger partial charge on any atom is -0.487 e. The molecular weight excluding hydrogens is 378 g/mol. The van der Waals surface area contributed by atoms with Crippen LogP contribution >= 0.6 is 0 Å². The molecule has 0 unspecified atom stereocenters. The maximum absolute atomic E-state index is 12.6. The largest absolute Gasteiger partial charge is 0.487 e. The van der Waals surface area contributed by atoms with Crippen LogP contribution in [-0.2, 0) is 17.9 Å². The molecule has 0 spiro atoms. The Morgan fingerprint density at radius 1 is 1.07 bits per heavy atom. The number of carbonyl (C=O) groups excluding carboxylic acids is 1. The summed E-state index contributed by atoms with van der Waals surface area (Å²) >= 11 is 0. The molecule has 6 heteroatoms. The predicted molar refractivity (Wildman–Crippen MR) is 114 cm³/mol. The van der Waals surface area contributed by atoms with Crippen LogP contribution in [0.15, 0.2) is 67.0 Å². The van der Waals surface area contributed by atoms with E-state index >= 15 is 0 Å². The van der Waals surface area contributed by atoms with Crippen LogP contribution in [0.2, 0.25) is 0 Å². The molecule has 1 aliphatic heterocycles. The van der Waals surface area contributed by atoms with Gasteiger partial charge in [-0.2, -0.15) is 4.57 Å². The van der Waals surface area contributed by atoms with Crippen molar-refractivity contribution in [2.45, 2.75) is 20.1 Å². The number of Topliss-reactive ketones (excluding diaryl/α,β-unsaturated/α-hetero) is 1. The van der Waals surface area contributed by atoms with E-state index in [0.717, 1.165) is 49.1 Å². The smallest absolute Gasteiger partial charge is 0.227 e. The second-order valence-corrected chi connectivity index (χ2v) is 7.33. The van der Waals surface area contributed by atoms with E-state index in [1.807, 2.05) is 78.5 Å². The molecule has 0 bridgehead atoms. The van der Waals surface area contributed by atoms with Gasteiger partial charge in [0.2, 0.25) is 12.3 Å². The number of ether oxygens (including phenoxy) is 2. The molecular formula is C24H26N3O3+. The summed E-state index contributed by atoms with van der Waals surface area (Å²) in [6, 6.07) is 17.4. The van der Waals surface area contributed by atoms with Gasteiger partial charge in [0.05, 0.1) is 18.9 Å². The number of ketones is 1. The summed E-state index contributed by atoms with van der Waals surface area (Å²) in [6.07, 6.45) is 3.72. The van der Waals surface area contributed by atoms with Crippen molar-refractivity contribution in [2.24, 2.45) is 0 Å². The molecule has 154 valence electrons. The van der Waals surface area contributed by atoms with Crippen molar-refractivity contribution in [3.8, 4) is 5.75 Å². The average molecular weight is 404 g/mol. The fourth-order valence-corrected chi connectivity index (χ4v) is 3.42. The molecule has 0 saturated carbocycles. The monoisotopic (exact) mass is 404 g/mol. The van der Waals surface area contributed by atoms with E-state index < -0.39 is 0 Å². The van der Waals surface area contributed by atoms with Crippen molar-refractivity contribution in [1.82, 2.24) is 4.98 Å². The summed E-state index contributed by atoms with van der Waals surface area (Å²) in [4.78, 5) is 19.3. The van der Waals surface area contributed by atoms with Crippen LogP contribution in [-0.4, -0.2) is 37.1 Å². The third-order valence-electron chi connectivity index (χ3n) is 5.08. The van der Waals surface area contributed by atoms with Crippen LogP contribution < -0.4 is 14.2 Å². The van der Waals surface area contributed by atoms with E-state index in [1.165, 1.54) is 0 Å². The number of rotatable bonds is 7. The maximum Gasteiger partial charge on any atom is 0.227 e. The maximum atomic E-state index is 12.6. The normalized spacial score (nSPS) is 13.8. The quantitative estimate of drug-likeness (QED) is 0.448. The summed E-state index contributed by atoms with van der Waals surface area (Å²) < 4.78 is 13.0. The zero-order chi connectivity index (χ0) is 20.8. The van der Waals surface area contributed by atoms with Crippen molar-refractivity contribution in [2.75, 3.05) is 31.2 Å².